The highest BCUT2D eigenvalue weighted by atomic mass is 79.9. The number of benzene rings is 1. The minimum atomic E-state index is -1.32. The van der Waals surface area contributed by atoms with Gasteiger partial charge in [-0.3, -0.25) is 0 Å². The van der Waals surface area contributed by atoms with Crippen molar-refractivity contribution in [1.29, 1.82) is 0 Å². The highest BCUT2D eigenvalue weighted by Gasteiger charge is 2.25. The van der Waals surface area contributed by atoms with Crippen LogP contribution in [0.4, 0.5) is 9.18 Å². The van der Waals surface area contributed by atoms with Crippen LogP contribution in [0, 0.1) is 5.82 Å². The van der Waals surface area contributed by atoms with Gasteiger partial charge in [0.25, 0.3) is 0 Å². The Morgan fingerprint density at radius 2 is 1.82 bits per heavy atom. The van der Waals surface area contributed by atoms with Gasteiger partial charge in [0, 0.05) is 21.1 Å². The van der Waals surface area contributed by atoms with E-state index in [1.807, 2.05) is 0 Å². The van der Waals surface area contributed by atoms with Crippen molar-refractivity contribution in [3.05, 3.63) is 32.5 Å². The number of carbonyl (C=O) groups is 1. The van der Waals surface area contributed by atoms with Gasteiger partial charge < -0.3 is 20.3 Å². The molecule has 0 bridgehead atoms. The molecule has 1 amide bonds. The fraction of sp³-hybridized carbons (Fsp3) is 0.500. The average Bonchev–Trinajstić information content (AvgIpc) is 2.32. The Morgan fingerprint density at radius 1 is 1.32 bits per heavy atom. The van der Waals surface area contributed by atoms with Crippen LogP contribution >= 0.6 is 31.9 Å². The van der Waals surface area contributed by atoms with Crippen molar-refractivity contribution in [1.82, 2.24) is 5.32 Å². The molecule has 0 aromatic heterocycles. The number of nitrogens with one attached hydrogen (secondary N) is 1. The largest absolute Gasteiger partial charge is 0.444 e. The quantitative estimate of drug-likeness (QED) is 0.668. The summed E-state index contributed by atoms with van der Waals surface area (Å²) in [5.74, 6) is -0.490. The highest BCUT2D eigenvalue weighted by Crippen LogP contribution is 2.33. The zero-order valence-corrected chi connectivity index (χ0v) is 15.5. The Bertz CT molecular complexity index is 525. The smallest absolute Gasteiger partial charge is 0.407 e. The molecule has 0 saturated heterocycles. The van der Waals surface area contributed by atoms with Crippen LogP contribution in [0.3, 0.4) is 0 Å². The fourth-order valence-corrected chi connectivity index (χ4v) is 3.24. The van der Waals surface area contributed by atoms with Crippen molar-refractivity contribution in [2.24, 2.45) is 0 Å². The topological polar surface area (TPSA) is 78.8 Å². The van der Waals surface area contributed by atoms with E-state index in [0.29, 0.717) is 14.5 Å². The third-order valence-electron chi connectivity index (χ3n) is 2.56. The molecule has 0 fully saturated rings. The van der Waals surface area contributed by atoms with Crippen molar-refractivity contribution in [2.45, 2.75) is 38.6 Å². The third kappa shape index (κ3) is 5.83. The maximum Gasteiger partial charge on any atom is 0.407 e. The van der Waals surface area contributed by atoms with E-state index in [0.717, 1.165) is 0 Å². The number of hydrogen-bond acceptors (Lipinski definition) is 4. The summed E-state index contributed by atoms with van der Waals surface area (Å²) in [5, 5.41) is 22.5. The molecule has 2 unspecified atom stereocenters. The zero-order chi connectivity index (χ0) is 17.1. The summed E-state index contributed by atoms with van der Waals surface area (Å²) < 4.78 is 18.8. The Morgan fingerprint density at radius 3 is 2.27 bits per heavy atom. The van der Waals surface area contributed by atoms with Gasteiger partial charge in [0.1, 0.15) is 23.6 Å². The van der Waals surface area contributed by atoms with Crippen LogP contribution in [-0.4, -0.2) is 34.6 Å². The molecule has 0 radical (unpaired) electrons. The first-order valence-electron chi connectivity index (χ1n) is 6.48. The zero-order valence-electron chi connectivity index (χ0n) is 12.4. The molecule has 0 aliphatic rings. The van der Waals surface area contributed by atoms with Crippen molar-refractivity contribution in [2.75, 3.05) is 6.54 Å². The van der Waals surface area contributed by atoms with Crippen LogP contribution in [0.5, 0.6) is 0 Å². The number of aliphatic hydroxyl groups is 2. The summed E-state index contributed by atoms with van der Waals surface area (Å²) in [5.41, 5.74) is -0.365. The first-order chi connectivity index (χ1) is 10.0. The summed E-state index contributed by atoms with van der Waals surface area (Å²) in [7, 11) is 0. The second kappa shape index (κ2) is 7.72. The van der Waals surface area contributed by atoms with Crippen molar-refractivity contribution in [3.63, 3.8) is 0 Å². The number of halogens is 3. The van der Waals surface area contributed by atoms with Crippen LogP contribution in [-0.2, 0) is 4.74 Å². The fourth-order valence-electron chi connectivity index (χ4n) is 1.64. The normalized spacial score (nSPS) is 14.4. The van der Waals surface area contributed by atoms with E-state index in [1.165, 1.54) is 12.1 Å². The molecule has 0 heterocycles. The maximum atomic E-state index is 13.2. The van der Waals surface area contributed by atoms with Crippen molar-refractivity contribution < 1.29 is 24.1 Å². The van der Waals surface area contributed by atoms with E-state index in [4.69, 9.17) is 4.74 Å². The molecule has 1 aromatic carbocycles. The number of rotatable bonds is 4. The molecule has 0 aliphatic carbocycles. The Labute approximate surface area is 145 Å². The lowest BCUT2D eigenvalue weighted by Crippen LogP contribution is -2.39. The second-order valence-electron chi connectivity index (χ2n) is 5.68. The van der Waals surface area contributed by atoms with Crippen LogP contribution < -0.4 is 5.32 Å². The van der Waals surface area contributed by atoms with Gasteiger partial charge in [0.05, 0.1) is 0 Å². The predicted molar refractivity (Wildman–Crippen MR) is 87.0 cm³/mol. The van der Waals surface area contributed by atoms with Gasteiger partial charge in [-0.2, -0.15) is 0 Å². The summed E-state index contributed by atoms with van der Waals surface area (Å²) in [6.45, 7) is 4.92. The van der Waals surface area contributed by atoms with Gasteiger partial charge in [-0.15, -0.1) is 0 Å². The Kier molecular flexibility index (Phi) is 6.79. The molecule has 8 heteroatoms. The highest BCUT2D eigenvalue weighted by molar-refractivity contribution is 9.11. The monoisotopic (exact) mass is 441 g/mol. The molecular formula is C14H18Br2FNO4. The number of hydrogen-bond donors (Lipinski definition) is 3. The minimum absolute atomic E-state index is 0.216. The van der Waals surface area contributed by atoms with Gasteiger partial charge in [-0.25, -0.2) is 9.18 Å². The average molecular weight is 443 g/mol. The van der Waals surface area contributed by atoms with Gasteiger partial charge in [-0.1, -0.05) is 31.9 Å². The summed E-state index contributed by atoms with van der Waals surface area (Å²) in [6.07, 6.45) is -3.30. The maximum absolute atomic E-state index is 13.2. The van der Waals surface area contributed by atoms with Gasteiger partial charge in [0.2, 0.25) is 0 Å². The van der Waals surface area contributed by atoms with E-state index >= 15 is 0 Å². The molecule has 0 aliphatic heterocycles. The van der Waals surface area contributed by atoms with E-state index in [9.17, 15) is 19.4 Å². The third-order valence-corrected chi connectivity index (χ3v) is 3.87. The predicted octanol–water partition coefficient (Wildman–Crippen LogP) is 3.27. The Hall–Kier alpha value is -0.700. The molecule has 124 valence electrons. The van der Waals surface area contributed by atoms with Gasteiger partial charge in [-0.05, 0) is 32.9 Å². The number of amides is 1. The lowest BCUT2D eigenvalue weighted by Gasteiger charge is -2.23. The minimum Gasteiger partial charge on any atom is -0.444 e. The molecule has 3 N–H and O–H groups in total. The number of carbonyl (C=O) groups excluding carboxylic acids is 1. The molecule has 0 saturated carbocycles. The summed E-state index contributed by atoms with van der Waals surface area (Å²) >= 11 is 6.27. The van der Waals surface area contributed by atoms with Crippen LogP contribution in [0.2, 0.25) is 0 Å². The molecule has 22 heavy (non-hydrogen) atoms. The molecule has 5 nitrogen and oxygen atoms in total. The van der Waals surface area contributed by atoms with Gasteiger partial charge >= 0.3 is 6.09 Å². The molecule has 0 spiro atoms. The SMILES string of the molecule is CC(C)(C)OC(=O)NCC(O)C(O)c1c(Br)cc(F)cc1Br. The van der Waals surface area contributed by atoms with E-state index < -0.39 is 29.7 Å². The molecule has 1 aromatic rings. The van der Waals surface area contributed by atoms with Crippen LogP contribution in [0.25, 0.3) is 0 Å². The van der Waals surface area contributed by atoms with Crippen molar-refractivity contribution >= 4 is 38.0 Å². The Balaban J connectivity index is 2.70. The van der Waals surface area contributed by atoms with E-state index in [1.54, 1.807) is 20.8 Å². The standard InChI is InChI=1S/C14H18Br2FNO4/c1-14(2,3)22-13(21)18-6-10(19)12(20)11-8(15)4-7(17)5-9(11)16/h4-5,10,12,19-20H,6H2,1-3H3,(H,18,21). The lowest BCUT2D eigenvalue weighted by atomic mass is 10.0. The van der Waals surface area contributed by atoms with E-state index in [2.05, 4.69) is 37.2 Å². The van der Waals surface area contributed by atoms with Crippen LogP contribution in [0.15, 0.2) is 21.1 Å². The van der Waals surface area contributed by atoms with Crippen molar-refractivity contribution in [3.8, 4) is 0 Å². The summed E-state index contributed by atoms with van der Waals surface area (Å²) in [6, 6.07) is 2.36. The van der Waals surface area contributed by atoms with Crippen LogP contribution in [0.1, 0.15) is 32.4 Å². The first kappa shape index (κ1) is 19.3. The molecule has 2 atom stereocenters. The molecular weight excluding hydrogens is 425 g/mol. The van der Waals surface area contributed by atoms with Gasteiger partial charge in [0.15, 0.2) is 0 Å². The number of aliphatic hydroxyl groups excluding tert-OH is 2. The first-order valence-corrected chi connectivity index (χ1v) is 8.07. The lowest BCUT2D eigenvalue weighted by molar-refractivity contribution is 0.0122. The summed E-state index contributed by atoms with van der Waals surface area (Å²) in [4.78, 5) is 11.5. The number of ether oxygens (including phenoxy) is 1. The number of alkyl carbamates (subject to hydrolysis) is 1. The van der Waals surface area contributed by atoms with E-state index in [-0.39, 0.29) is 6.54 Å². The molecule has 1 rings (SSSR count). The second-order valence-corrected chi connectivity index (χ2v) is 7.39.